The molecule has 1 fully saturated rings. The highest BCUT2D eigenvalue weighted by molar-refractivity contribution is 7.92. The van der Waals surface area contributed by atoms with Gasteiger partial charge in [0.15, 0.2) is 11.5 Å². The van der Waals surface area contributed by atoms with E-state index in [1.807, 2.05) is 31.2 Å². The van der Waals surface area contributed by atoms with Crippen LogP contribution in [-0.2, 0) is 26.2 Å². The average Bonchev–Trinajstić information content (AvgIpc) is 3.55. The fourth-order valence-electron chi connectivity index (χ4n) is 5.42. The molecule has 1 saturated carbocycles. The van der Waals surface area contributed by atoms with Crippen LogP contribution < -0.4 is 23.8 Å². The molecule has 1 aliphatic rings. The molecule has 10 nitrogen and oxygen atoms in total. The zero-order chi connectivity index (χ0) is 32.7. The number of ether oxygens (including phenoxy) is 3. The number of carbonyl (C=O) groups is 2. The molecule has 0 spiro atoms. The number of rotatable bonds is 13. The molecule has 3 aromatic carbocycles. The second-order valence-corrected chi connectivity index (χ2v) is 13.3. The van der Waals surface area contributed by atoms with Gasteiger partial charge >= 0.3 is 0 Å². The first kappa shape index (κ1) is 33.9. The predicted octanol–water partition coefficient (Wildman–Crippen LogP) is 5.35. The molecule has 1 N–H and O–H groups in total. The molecule has 4 rings (SSSR count). The molecule has 45 heavy (non-hydrogen) atoms. The molecule has 1 aliphatic carbocycles. The number of benzene rings is 3. The number of sulfonamides is 1. The molecule has 12 heteroatoms. The molecule has 0 heterocycles. The van der Waals surface area contributed by atoms with E-state index in [0.717, 1.165) is 41.1 Å². The van der Waals surface area contributed by atoms with Crippen molar-refractivity contribution >= 4 is 39.1 Å². The van der Waals surface area contributed by atoms with Crippen molar-refractivity contribution in [1.29, 1.82) is 0 Å². The second-order valence-electron chi connectivity index (χ2n) is 11.0. The van der Waals surface area contributed by atoms with Gasteiger partial charge in [-0.05, 0) is 68.1 Å². The van der Waals surface area contributed by atoms with Crippen molar-refractivity contribution in [3.8, 4) is 17.2 Å². The third kappa shape index (κ3) is 7.83. The third-order valence-electron chi connectivity index (χ3n) is 8.10. The number of amides is 2. The van der Waals surface area contributed by atoms with Crippen LogP contribution in [0, 0.1) is 6.92 Å². The van der Waals surface area contributed by atoms with Crippen molar-refractivity contribution in [1.82, 2.24) is 10.2 Å². The Labute approximate surface area is 270 Å². The summed E-state index contributed by atoms with van der Waals surface area (Å²) < 4.78 is 45.8. The van der Waals surface area contributed by atoms with Crippen molar-refractivity contribution in [3.05, 3.63) is 76.8 Å². The van der Waals surface area contributed by atoms with Crippen LogP contribution in [0.2, 0.25) is 5.02 Å². The van der Waals surface area contributed by atoms with Gasteiger partial charge in [-0.2, -0.15) is 0 Å². The highest BCUT2D eigenvalue weighted by Crippen LogP contribution is 2.37. The first-order valence-corrected chi connectivity index (χ1v) is 16.5. The number of hydrogen-bond acceptors (Lipinski definition) is 7. The third-order valence-corrected chi connectivity index (χ3v) is 10.1. The van der Waals surface area contributed by atoms with E-state index in [2.05, 4.69) is 5.32 Å². The minimum absolute atomic E-state index is 0.0491. The van der Waals surface area contributed by atoms with Gasteiger partial charge in [-0.1, -0.05) is 48.7 Å². The van der Waals surface area contributed by atoms with Crippen molar-refractivity contribution < 1.29 is 32.2 Å². The topological polar surface area (TPSA) is 114 Å². The van der Waals surface area contributed by atoms with Crippen LogP contribution in [0.1, 0.15) is 43.7 Å². The zero-order valence-corrected chi connectivity index (χ0v) is 27.8. The maximum absolute atomic E-state index is 14.4. The SMILES string of the molecule is COc1ccc(S(=O)(=O)N(CC(=O)N(Cc2ccccc2C)[C@H](C)C(=O)NC2CCCC2)c2cc(Cl)ccc2OC)cc1OC. The van der Waals surface area contributed by atoms with Gasteiger partial charge in [-0.15, -0.1) is 0 Å². The first-order chi connectivity index (χ1) is 21.5. The molecule has 0 unspecified atom stereocenters. The summed E-state index contributed by atoms with van der Waals surface area (Å²) in [5, 5.41) is 3.32. The van der Waals surface area contributed by atoms with E-state index in [0.29, 0.717) is 5.75 Å². The quantitative estimate of drug-likeness (QED) is 0.264. The van der Waals surface area contributed by atoms with E-state index in [1.165, 1.54) is 56.6 Å². The van der Waals surface area contributed by atoms with Crippen LogP contribution in [0.4, 0.5) is 5.69 Å². The van der Waals surface area contributed by atoms with E-state index in [1.54, 1.807) is 13.0 Å². The minimum atomic E-state index is -4.42. The van der Waals surface area contributed by atoms with Crippen molar-refractivity contribution in [3.63, 3.8) is 0 Å². The lowest BCUT2D eigenvalue weighted by atomic mass is 10.1. The smallest absolute Gasteiger partial charge is 0.265 e. The van der Waals surface area contributed by atoms with Crippen LogP contribution in [0.25, 0.3) is 0 Å². The highest BCUT2D eigenvalue weighted by Gasteiger charge is 2.35. The number of halogens is 1. The fourth-order valence-corrected chi connectivity index (χ4v) is 7.02. The van der Waals surface area contributed by atoms with E-state index in [9.17, 15) is 18.0 Å². The highest BCUT2D eigenvalue weighted by atomic mass is 35.5. The summed E-state index contributed by atoms with van der Waals surface area (Å²) in [6, 6.07) is 15.4. The van der Waals surface area contributed by atoms with Gasteiger partial charge in [0.1, 0.15) is 18.3 Å². The van der Waals surface area contributed by atoms with Crippen molar-refractivity contribution in [2.45, 2.75) is 63.1 Å². The summed E-state index contributed by atoms with van der Waals surface area (Å²) in [5.74, 6) is -0.155. The van der Waals surface area contributed by atoms with Gasteiger partial charge in [-0.3, -0.25) is 13.9 Å². The number of anilines is 1. The van der Waals surface area contributed by atoms with Gasteiger partial charge in [0.05, 0.1) is 31.9 Å². The maximum Gasteiger partial charge on any atom is 0.265 e. The number of nitrogens with zero attached hydrogens (tertiary/aromatic N) is 2. The van der Waals surface area contributed by atoms with E-state index >= 15 is 0 Å². The van der Waals surface area contributed by atoms with Crippen molar-refractivity contribution in [2.75, 3.05) is 32.2 Å². The molecule has 242 valence electrons. The Kier molecular flexibility index (Phi) is 11.2. The normalized spacial score (nSPS) is 14.0. The second kappa shape index (κ2) is 14.9. The minimum Gasteiger partial charge on any atom is -0.495 e. The van der Waals surface area contributed by atoms with Gasteiger partial charge in [-0.25, -0.2) is 8.42 Å². The number of nitrogens with one attached hydrogen (secondary N) is 1. The maximum atomic E-state index is 14.4. The Hall–Kier alpha value is -3.96. The summed E-state index contributed by atoms with van der Waals surface area (Å²) in [6.07, 6.45) is 3.84. The average molecular weight is 658 g/mol. The van der Waals surface area contributed by atoms with Crippen LogP contribution in [0.15, 0.2) is 65.6 Å². The summed E-state index contributed by atoms with van der Waals surface area (Å²) in [7, 11) is -0.181. The van der Waals surface area contributed by atoms with E-state index in [4.69, 9.17) is 25.8 Å². The molecular formula is C33H40ClN3O7S. The first-order valence-electron chi connectivity index (χ1n) is 14.7. The van der Waals surface area contributed by atoms with Crippen molar-refractivity contribution in [2.24, 2.45) is 0 Å². The lowest BCUT2D eigenvalue weighted by molar-refractivity contribution is -0.139. The molecular weight excluding hydrogens is 618 g/mol. The lowest BCUT2D eigenvalue weighted by Gasteiger charge is -2.33. The predicted molar refractivity (Wildman–Crippen MR) is 174 cm³/mol. The Balaban J connectivity index is 1.78. The standard InChI is InChI=1S/C33H40ClN3O7S/c1-22-10-6-7-11-24(22)20-36(23(2)33(39)35-26-12-8-9-13-26)32(38)21-37(28-18-25(34)14-16-29(28)42-3)45(40,41)27-15-17-30(43-4)31(19-27)44-5/h6-7,10-11,14-19,23,26H,8-9,12-13,20-21H2,1-5H3,(H,35,39)/t23-/m1/s1. The zero-order valence-electron chi connectivity index (χ0n) is 26.2. The number of methoxy groups -OCH3 is 3. The number of hydrogen-bond donors (Lipinski definition) is 1. The molecule has 0 aliphatic heterocycles. The van der Waals surface area contributed by atoms with Crippen LogP contribution >= 0.6 is 11.6 Å². The molecule has 3 aromatic rings. The van der Waals surface area contributed by atoms with E-state index < -0.39 is 28.5 Å². The van der Waals surface area contributed by atoms with E-state index in [-0.39, 0.29) is 45.6 Å². The number of carbonyl (C=O) groups excluding carboxylic acids is 2. The Morgan fingerprint density at radius 2 is 1.58 bits per heavy atom. The fraction of sp³-hybridized carbons (Fsp3) is 0.394. The number of aryl methyl sites for hydroxylation is 1. The summed E-state index contributed by atoms with van der Waals surface area (Å²) in [4.78, 5) is 29.1. The Morgan fingerprint density at radius 3 is 2.22 bits per heavy atom. The molecule has 1 atom stereocenters. The summed E-state index contributed by atoms with van der Waals surface area (Å²) in [5.41, 5.74) is 1.83. The molecule has 0 bridgehead atoms. The molecule has 0 aromatic heterocycles. The van der Waals surface area contributed by atoms with Crippen LogP contribution in [0.3, 0.4) is 0 Å². The largest absolute Gasteiger partial charge is 0.495 e. The molecule has 0 radical (unpaired) electrons. The van der Waals surface area contributed by atoms with Gasteiger partial charge < -0.3 is 24.4 Å². The van der Waals surface area contributed by atoms with Gasteiger partial charge in [0.25, 0.3) is 10.0 Å². The molecule has 0 saturated heterocycles. The Morgan fingerprint density at radius 1 is 0.933 bits per heavy atom. The lowest BCUT2D eigenvalue weighted by Crippen LogP contribution is -2.52. The summed E-state index contributed by atoms with van der Waals surface area (Å²) >= 11 is 6.34. The molecule has 2 amide bonds. The van der Waals surface area contributed by atoms with Crippen LogP contribution in [0.5, 0.6) is 17.2 Å². The van der Waals surface area contributed by atoms with Gasteiger partial charge in [0.2, 0.25) is 11.8 Å². The van der Waals surface area contributed by atoms with Crippen LogP contribution in [-0.4, -0.2) is 65.1 Å². The van der Waals surface area contributed by atoms with Gasteiger partial charge in [0, 0.05) is 23.7 Å². The Bertz CT molecular complexity index is 1630. The summed E-state index contributed by atoms with van der Waals surface area (Å²) in [6.45, 7) is 3.04. The monoisotopic (exact) mass is 657 g/mol.